The molecule has 0 saturated heterocycles. The van der Waals surface area contributed by atoms with Gasteiger partial charge < -0.3 is 14.8 Å². The van der Waals surface area contributed by atoms with Crippen LogP contribution in [0.5, 0.6) is 5.75 Å². The first-order valence-corrected chi connectivity index (χ1v) is 8.29. The molecule has 0 unspecified atom stereocenters. The molecule has 0 bridgehead atoms. The van der Waals surface area contributed by atoms with Gasteiger partial charge in [0.25, 0.3) is 5.91 Å². The van der Waals surface area contributed by atoms with Crippen molar-refractivity contribution in [3.8, 4) is 11.8 Å². The molecule has 0 atom stereocenters. The van der Waals surface area contributed by atoms with Crippen LogP contribution in [0.15, 0.2) is 48.0 Å². The summed E-state index contributed by atoms with van der Waals surface area (Å²) in [6.45, 7) is 1.29. The van der Waals surface area contributed by atoms with Crippen LogP contribution in [0.3, 0.4) is 0 Å². The number of nitrogens with zero attached hydrogens (tertiary/aromatic N) is 1. The SMILES string of the molecule is COc1ccc(/C=C(\C#N)C(=O)OCC(=O)Nc2cc(Cl)ccc2C)cc1. The van der Waals surface area contributed by atoms with Crippen LogP contribution in [0.25, 0.3) is 6.08 Å². The zero-order valence-electron chi connectivity index (χ0n) is 14.8. The monoisotopic (exact) mass is 384 g/mol. The minimum absolute atomic E-state index is 0.216. The van der Waals surface area contributed by atoms with E-state index in [1.165, 1.54) is 6.08 Å². The Morgan fingerprint density at radius 3 is 2.56 bits per heavy atom. The zero-order chi connectivity index (χ0) is 19.8. The van der Waals surface area contributed by atoms with E-state index in [9.17, 15) is 9.59 Å². The summed E-state index contributed by atoms with van der Waals surface area (Å²) >= 11 is 5.90. The minimum atomic E-state index is -0.883. The maximum Gasteiger partial charge on any atom is 0.349 e. The van der Waals surface area contributed by atoms with Crippen molar-refractivity contribution in [1.29, 1.82) is 5.26 Å². The Labute approximate surface area is 162 Å². The number of amides is 1. The fraction of sp³-hybridized carbons (Fsp3) is 0.150. The van der Waals surface area contributed by atoms with Gasteiger partial charge in [-0.05, 0) is 48.4 Å². The van der Waals surface area contributed by atoms with Crippen LogP contribution >= 0.6 is 11.6 Å². The molecular weight excluding hydrogens is 368 g/mol. The molecule has 0 aliphatic rings. The van der Waals surface area contributed by atoms with Gasteiger partial charge in [0.2, 0.25) is 0 Å². The van der Waals surface area contributed by atoms with Crippen molar-refractivity contribution in [3.05, 3.63) is 64.2 Å². The summed E-state index contributed by atoms with van der Waals surface area (Å²) in [5, 5.41) is 12.2. The van der Waals surface area contributed by atoms with E-state index < -0.39 is 18.5 Å². The first-order chi connectivity index (χ1) is 12.9. The highest BCUT2D eigenvalue weighted by atomic mass is 35.5. The van der Waals surface area contributed by atoms with Crippen LogP contribution in [-0.2, 0) is 14.3 Å². The van der Waals surface area contributed by atoms with Crippen molar-refractivity contribution in [2.45, 2.75) is 6.92 Å². The number of nitrogens with one attached hydrogen (secondary N) is 1. The highest BCUT2D eigenvalue weighted by molar-refractivity contribution is 6.31. The predicted molar refractivity (Wildman–Crippen MR) is 102 cm³/mol. The van der Waals surface area contributed by atoms with Gasteiger partial charge in [0.1, 0.15) is 17.4 Å². The van der Waals surface area contributed by atoms with Crippen molar-refractivity contribution in [2.75, 3.05) is 19.0 Å². The van der Waals surface area contributed by atoms with Crippen LogP contribution in [0, 0.1) is 18.3 Å². The third kappa shape index (κ3) is 5.87. The van der Waals surface area contributed by atoms with E-state index >= 15 is 0 Å². The van der Waals surface area contributed by atoms with Crippen molar-refractivity contribution < 1.29 is 19.1 Å². The molecule has 2 aromatic rings. The third-order valence-electron chi connectivity index (χ3n) is 3.58. The van der Waals surface area contributed by atoms with E-state index in [4.69, 9.17) is 26.3 Å². The predicted octanol–water partition coefficient (Wildman–Crippen LogP) is 3.75. The van der Waals surface area contributed by atoms with Gasteiger partial charge >= 0.3 is 5.97 Å². The number of methoxy groups -OCH3 is 1. The van der Waals surface area contributed by atoms with E-state index in [0.29, 0.717) is 22.0 Å². The first kappa shape index (κ1) is 20.0. The fourth-order valence-corrected chi connectivity index (χ4v) is 2.30. The van der Waals surface area contributed by atoms with E-state index in [1.54, 1.807) is 55.6 Å². The quantitative estimate of drug-likeness (QED) is 0.465. The van der Waals surface area contributed by atoms with Crippen molar-refractivity contribution in [3.63, 3.8) is 0 Å². The lowest BCUT2D eigenvalue weighted by Gasteiger charge is -2.09. The zero-order valence-corrected chi connectivity index (χ0v) is 15.5. The third-order valence-corrected chi connectivity index (χ3v) is 3.81. The van der Waals surface area contributed by atoms with Gasteiger partial charge in [-0.2, -0.15) is 5.26 Å². The molecule has 6 nitrogen and oxygen atoms in total. The van der Waals surface area contributed by atoms with Gasteiger partial charge in [0, 0.05) is 10.7 Å². The van der Waals surface area contributed by atoms with Crippen molar-refractivity contribution in [2.24, 2.45) is 0 Å². The molecule has 0 aromatic heterocycles. The Balaban J connectivity index is 1.97. The van der Waals surface area contributed by atoms with Crippen LogP contribution in [0.4, 0.5) is 5.69 Å². The summed E-state index contributed by atoms with van der Waals surface area (Å²) in [4.78, 5) is 24.0. The van der Waals surface area contributed by atoms with Gasteiger partial charge in [-0.25, -0.2) is 4.79 Å². The number of aryl methyl sites for hydroxylation is 1. The molecule has 7 heteroatoms. The molecule has 0 radical (unpaired) electrons. The smallest absolute Gasteiger partial charge is 0.349 e. The summed E-state index contributed by atoms with van der Waals surface area (Å²) in [5.41, 5.74) is 1.75. The molecule has 1 N–H and O–H groups in total. The van der Waals surface area contributed by atoms with Gasteiger partial charge in [0.15, 0.2) is 6.61 Å². The number of carbonyl (C=O) groups is 2. The Morgan fingerprint density at radius 1 is 1.22 bits per heavy atom. The number of benzene rings is 2. The molecule has 27 heavy (non-hydrogen) atoms. The largest absolute Gasteiger partial charge is 0.497 e. The second-order valence-electron chi connectivity index (χ2n) is 5.53. The van der Waals surface area contributed by atoms with E-state index in [1.807, 2.05) is 6.92 Å². The molecule has 138 valence electrons. The first-order valence-electron chi connectivity index (χ1n) is 7.92. The highest BCUT2D eigenvalue weighted by Crippen LogP contribution is 2.20. The molecule has 0 aliphatic carbocycles. The average Bonchev–Trinajstić information content (AvgIpc) is 2.67. The van der Waals surface area contributed by atoms with Crippen LogP contribution < -0.4 is 10.1 Å². The molecule has 0 fully saturated rings. The van der Waals surface area contributed by atoms with Gasteiger partial charge in [-0.3, -0.25) is 4.79 Å². The second kappa shape index (κ2) is 9.41. The lowest BCUT2D eigenvalue weighted by atomic mass is 10.1. The molecular formula is C20H17ClN2O4. The minimum Gasteiger partial charge on any atom is -0.497 e. The molecule has 0 saturated carbocycles. The number of ether oxygens (including phenoxy) is 2. The molecule has 2 aromatic carbocycles. The Hall–Kier alpha value is -3.30. The number of hydrogen-bond donors (Lipinski definition) is 1. The summed E-state index contributed by atoms with van der Waals surface area (Å²) in [6.07, 6.45) is 1.38. The number of anilines is 1. The maximum atomic E-state index is 12.0. The van der Waals surface area contributed by atoms with E-state index in [-0.39, 0.29) is 5.57 Å². The van der Waals surface area contributed by atoms with Gasteiger partial charge in [-0.1, -0.05) is 29.8 Å². The number of halogens is 1. The number of rotatable bonds is 6. The topological polar surface area (TPSA) is 88.4 Å². The van der Waals surface area contributed by atoms with E-state index in [0.717, 1.165) is 5.56 Å². The van der Waals surface area contributed by atoms with Gasteiger partial charge in [-0.15, -0.1) is 0 Å². The molecule has 1 amide bonds. The van der Waals surface area contributed by atoms with Crippen LogP contribution in [0.1, 0.15) is 11.1 Å². The average molecular weight is 385 g/mol. The Bertz CT molecular complexity index is 915. The summed E-state index contributed by atoms with van der Waals surface area (Å²) in [7, 11) is 1.54. The maximum absolute atomic E-state index is 12.0. The molecule has 0 aliphatic heterocycles. The molecule has 2 rings (SSSR count). The normalized spacial score (nSPS) is 10.7. The molecule has 0 heterocycles. The van der Waals surface area contributed by atoms with Gasteiger partial charge in [0.05, 0.1) is 7.11 Å². The number of carbonyl (C=O) groups excluding carboxylic acids is 2. The van der Waals surface area contributed by atoms with Crippen LogP contribution in [-0.4, -0.2) is 25.6 Å². The number of hydrogen-bond acceptors (Lipinski definition) is 5. The lowest BCUT2D eigenvalue weighted by Crippen LogP contribution is -2.21. The van der Waals surface area contributed by atoms with Crippen molar-refractivity contribution >= 4 is 35.2 Å². The van der Waals surface area contributed by atoms with Crippen LogP contribution in [0.2, 0.25) is 5.02 Å². The second-order valence-corrected chi connectivity index (χ2v) is 5.96. The Kier molecular flexibility index (Phi) is 6.98. The number of nitriles is 1. The highest BCUT2D eigenvalue weighted by Gasteiger charge is 2.14. The van der Waals surface area contributed by atoms with E-state index in [2.05, 4.69) is 5.32 Å². The Morgan fingerprint density at radius 2 is 1.93 bits per heavy atom. The fourth-order valence-electron chi connectivity index (χ4n) is 2.13. The summed E-state index contributed by atoms with van der Waals surface area (Å²) in [5.74, 6) is -0.761. The molecule has 0 spiro atoms. The van der Waals surface area contributed by atoms with Crippen molar-refractivity contribution in [1.82, 2.24) is 0 Å². The summed E-state index contributed by atoms with van der Waals surface area (Å²) in [6, 6.07) is 13.6. The standard InChI is InChI=1S/C20H17ClN2O4/c1-13-3-6-16(21)10-18(13)23-19(24)12-27-20(25)15(11-22)9-14-4-7-17(26-2)8-5-14/h3-10H,12H2,1-2H3,(H,23,24)/b15-9+. The lowest BCUT2D eigenvalue weighted by molar-refractivity contribution is -0.142. The number of esters is 1. The summed E-state index contributed by atoms with van der Waals surface area (Å²) < 4.78 is 9.96.